The number of nitrogens with zero attached hydrogens (tertiary/aromatic N) is 1. The summed E-state index contributed by atoms with van der Waals surface area (Å²) in [5.41, 5.74) is 0.220. The van der Waals surface area contributed by atoms with Crippen molar-refractivity contribution in [3.05, 3.63) is 28.8 Å². The molecule has 0 aliphatic rings. The Morgan fingerprint density at radius 2 is 2.05 bits per heavy atom. The fourth-order valence-corrected chi connectivity index (χ4v) is 2.40. The van der Waals surface area contributed by atoms with Crippen LogP contribution in [0.4, 0.5) is 0 Å². The van der Waals surface area contributed by atoms with Crippen molar-refractivity contribution in [1.29, 1.82) is 0 Å². The van der Waals surface area contributed by atoms with E-state index in [-0.39, 0.29) is 23.3 Å². The van der Waals surface area contributed by atoms with Crippen molar-refractivity contribution >= 4 is 17.5 Å². The number of hydrogen-bond acceptors (Lipinski definition) is 3. The quantitative estimate of drug-likeness (QED) is 0.774. The zero-order chi connectivity index (χ0) is 15.8. The summed E-state index contributed by atoms with van der Waals surface area (Å²) in [4.78, 5) is 14.5. The average molecular weight is 313 g/mol. The molecular weight excluding hydrogens is 288 g/mol. The number of nitrogens with one attached hydrogen (secondary N) is 1. The molecule has 1 aromatic carbocycles. The van der Waals surface area contributed by atoms with Gasteiger partial charge >= 0.3 is 0 Å². The first-order valence-corrected chi connectivity index (χ1v) is 7.87. The first kappa shape index (κ1) is 17.8. The lowest BCUT2D eigenvalue weighted by Gasteiger charge is -2.20. The number of aromatic hydroxyl groups is 1. The van der Waals surface area contributed by atoms with Gasteiger partial charge in [-0.25, -0.2) is 0 Å². The molecule has 0 heterocycles. The van der Waals surface area contributed by atoms with Gasteiger partial charge in [0, 0.05) is 11.1 Å². The number of phenolic OH excluding ortho intramolecular Hbond substituents is 1. The van der Waals surface area contributed by atoms with Crippen LogP contribution in [-0.2, 0) is 0 Å². The second-order valence-corrected chi connectivity index (χ2v) is 5.64. The maximum Gasteiger partial charge on any atom is 0.255 e. The van der Waals surface area contributed by atoms with Gasteiger partial charge in [-0.2, -0.15) is 0 Å². The van der Waals surface area contributed by atoms with Crippen LogP contribution < -0.4 is 5.32 Å². The second-order valence-electron chi connectivity index (χ2n) is 5.21. The summed E-state index contributed by atoms with van der Waals surface area (Å²) in [6, 6.07) is 4.53. The van der Waals surface area contributed by atoms with E-state index in [0.717, 1.165) is 32.5 Å². The van der Waals surface area contributed by atoms with Crippen LogP contribution in [0.3, 0.4) is 0 Å². The minimum absolute atomic E-state index is 0.0489. The Morgan fingerprint density at radius 3 is 2.67 bits per heavy atom. The van der Waals surface area contributed by atoms with Gasteiger partial charge in [0.05, 0.1) is 5.56 Å². The molecule has 118 valence electrons. The van der Waals surface area contributed by atoms with E-state index in [1.807, 2.05) is 6.92 Å². The molecule has 0 bridgehead atoms. The maximum absolute atomic E-state index is 12.1. The van der Waals surface area contributed by atoms with E-state index in [1.165, 1.54) is 12.1 Å². The molecule has 0 spiro atoms. The largest absolute Gasteiger partial charge is 0.507 e. The molecule has 0 fully saturated rings. The smallest absolute Gasteiger partial charge is 0.255 e. The van der Waals surface area contributed by atoms with Gasteiger partial charge in [0.2, 0.25) is 0 Å². The molecule has 4 nitrogen and oxygen atoms in total. The number of rotatable bonds is 8. The summed E-state index contributed by atoms with van der Waals surface area (Å²) in [6.45, 7) is 9.41. The molecule has 0 aliphatic heterocycles. The Labute approximate surface area is 132 Å². The molecule has 1 unspecified atom stereocenters. The number of phenols is 1. The maximum atomic E-state index is 12.1. The first-order valence-electron chi connectivity index (χ1n) is 7.49. The topological polar surface area (TPSA) is 52.6 Å². The molecule has 1 atom stereocenters. The molecule has 2 N–H and O–H groups in total. The van der Waals surface area contributed by atoms with Gasteiger partial charge in [0.25, 0.3) is 5.91 Å². The standard InChI is InChI=1S/C16H25ClN2O2/c1-4-19(5-2)10-6-7-12(3)18-16(21)14-11-13(17)8-9-15(14)20/h8-9,11-12,20H,4-7,10H2,1-3H3,(H,18,21). The zero-order valence-corrected chi connectivity index (χ0v) is 13.8. The lowest BCUT2D eigenvalue weighted by atomic mass is 10.1. The number of carbonyl (C=O) groups is 1. The predicted molar refractivity (Wildman–Crippen MR) is 87.1 cm³/mol. The van der Waals surface area contributed by atoms with Crippen LogP contribution in [0, 0.1) is 0 Å². The minimum atomic E-state index is -0.287. The summed E-state index contributed by atoms with van der Waals surface area (Å²) in [6.07, 6.45) is 1.94. The van der Waals surface area contributed by atoms with Gasteiger partial charge < -0.3 is 15.3 Å². The van der Waals surface area contributed by atoms with Gasteiger partial charge in [0.15, 0.2) is 0 Å². The Kier molecular flexibility index (Phi) is 7.54. The summed E-state index contributed by atoms with van der Waals surface area (Å²) in [7, 11) is 0. The highest BCUT2D eigenvalue weighted by Gasteiger charge is 2.14. The molecule has 1 aromatic rings. The molecule has 0 saturated heterocycles. The minimum Gasteiger partial charge on any atom is -0.507 e. The number of carbonyl (C=O) groups excluding carboxylic acids is 1. The highest BCUT2D eigenvalue weighted by molar-refractivity contribution is 6.31. The van der Waals surface area contributed by atoms with E-state index in [9.17, 15) is 9.90 Å². The molecule has 0 radical (unpaired) electrons. The molecule has 21 heavy (non-hydrogen) atoms. The Balaban J connectivity index is 2.45. The van der Waals surface area contributed by atoms with Crippen molar-refractivity contribution in [1.82, 2.24) is 10.2 Å². The van der Waals surface area contributed by atoms with Crippen LogP contribution >= 0.6 is 11.6 Å². The van der Waals surface area contributed by atoms with Crippen molar-refractivity contribution in [3.63, 3.8) is 0 Å². The summed E-state index contributed by atoms with van der Waals surface area (Å²) in [5, 5.41) is 13.0. The molecule has 0 saturated carbocycles. The molecule has 1 amide bonds. The predicted octanol–water partition coefficient (Wildman–Crippen LogP) is 3.29. The van der Waals surface area contributed by atoms with Crippen molar-refractivity contribution in [2.24, 2.45) is 0 Å². The van der Waals surface area contributed by atoms with E-state index in [1.54, 1.807) is 6.07 Å². The van der Waals surface area contributed by atoms with Crippen LogP contribution in [0.1, 0.15) is 44.0 Å². The van der Waals surface area contributed by atoms with Crippen molar-refractivity contribution in [2.75, 3.05) is 19.6 Å². The average Bonchev–Trinajstić information content (AvgIpc) is 2.46. The third kappa shape index (κ3) is 5.94. The van der Waals surface area contributed by atoms with Crippen LogP contribution in [0.15, 0.2) is 18.2 Å². The number of benzene rings is 1. The van der Waals surface area contributed by atoms with Crippen LogP contribution in [0.5, 0.6) is 5.75 Å². The highest BCUT2D eigenvalue weighted by atomic mass is 35.5. The molecule has 5 heteroatoms. The zero-order valence-electron chi connectivity index (χ0n) is 13.0. The van der Waals surface area contributed by atoms with Gasteiger partial charge in [-0.05, 0) is 57.6 Å². The van der Waals surface area contributed by atoms with Crippen molar-refractivity contribution < 1.29 is 9.90 Å². The Hall–Kier alpha value is -1.26. The van der Waals surface area contributed by atoms with Crippen molar-refractivity contribution in [2.45, 2.75) is 39.7 Å². The van der Waals surface area contributed by atoms with Crippen molar-refractivity contribution in [3.8, 4) is 5.75 Å². The monoisotopic (exact) mass is 312 g/mol. The SMILES string of the molecule is CCN(CC)CCCC(C)NC(=O)c1cc(Cl)ccc1O. The lowest BCUT2D eigenvalue weighted by molar-refractivity contribution is 0.0934. The van der Waals surface area contributed by atoms with E-state index in [0.29, 0.717) is 5.02 Å². The molecule has 1 rings (SSSR count). The first-order chi connectivity index (χ1) is 9.97. The fraction of sp³-hybridized carbons (Fsp3) is 0.562. The summed E-state index contributed by atoms with van der Waals surface area (Å²) >= 11 is 5.85. The van der Waals surface area contributed by atoms with Crippen LogP contribution in [0.25, 0.3) is 0 Å². The van der Waals surface area contributed by atoms with Gasteiger partial charge in [-0.1, -0.05) is 25.4 Å². The number of hydrogen-bond donors (Lipinski definition) is 2. The van der Waals surface area contributed by atoms with Gasteiger partial charge in [-0.15, -0.1) is 0 Å². The third-order valence-corrected chi connectivity index (χ3v) is 3.82. The number of amides is 1. The molecular formula is C16H25ClN2O2. The normalized spacial score (nSPS) is 12.4. The van der Waals surface area contributed by atoms with Gasteiger partial charge in [0.1, 0.15) is 5.75 Å². The van der Waals surface area contributed by atoms with Crippen LogP contribution in [0.2, 0.25) is 5.02 Å². The Morgan fingerprint density at radius 1 is 1.38 bits per heavy atom. The Bertz CT molecular complexity index is 462. The van der Waals surface area contributed by atoms with Crippen LogP contribution in [-0.4, -0.2) is 41.6 Å². The molecule has 0 aliphatic carbocycles. The fourth-order valence-electron chi connectivity index (χ4n) is 2.22. The third-order valence-electron chi connectivity index (χ3n) is 3.59. The van der Waals surface area contributed by atoms with E-state index < -0.39 is 0 Å². The lowest BCUT2D eigenvalue weighted by Crippen LogP contribution is -2.33. The second kappa shape index (κ2) is 8.90. The highest BCUT2D eigenvalue weighted by Crippen LogP contribution is 2.21. The van der Waals surface area contributed by atoms with E-state index in [2.05, 4.69) is 24.1 Å². The number of halogens is 1. The molecule has 0 aromatic heterocycles. The van der Waals surface area contributed by atoms with Gasteiger partial charge in [-0.3, -0.25) is 4.79 Å². The summed E-state index contributed by atoms with van der Waals surface area (Å²) in [5.74, 6) is -0.336. The van der Waals surface area contributed by atoms with E-state index in [4.69, 9.17) is 11.6 Å². The van der Waals surface area contributed by atoms with E-state index >= 15 is 0 Å². The summed E-state index contributed by atoms with van der Waals surface area (Å²) < 4.78 is 0.